The van der Waals surface area contributed by atoms with E-state index < -0.39 is 35.2 Å². The van der Waals surface area contributed by atoms with E-state index in [4.69, 9.17) is 14.2 Å². The number of fused-ring (bicyclic) bond motifs is 1. The van der Waals surface area contributed by atoms with Crippen LogP contribution in [0.2, 0.25) is 0 Å². The Kier molecular flexibility index (Phi) is 7.83. The van der Waals surface area contributed by atoms with Crippen LogP contribution in [0.25, 0.3) is 0 Å². The van der Waals surface area contributed by atoms with Crippen molar-refractivity contribution >= 4 is 11.9 Å². The second-order valence-corrected chi connectivity index (χ2v) is 11.2. The monoisotopic (exact) mass is 548 g/mol. The summed E-state index contributed by atoms with van der Waals surface area (Å²) >= 11 is 0. The van der Waals surface area contributed by atoms with E-state index in [-0.39, 0.29) is 6.10 Å². The van der Waals surface area contributed by atoms with E-state index in [1.807, 2.05) is 76.2 Å². The third kappa shape index (κ3) is 5.18. The van der Waals surface area contributed by atoms with Crippen LogP contribution in [0.3, 0.4) is 0 Å². The van der Waals surface area contributed by atoms with E-state index >= 15 is 0 Å². The zero-order valence-electron chi connectivity index (χ0n) is 24.2. The molecule has 0 saturated carbocycles. The van der Waals surface area contributed by atoms with Gasteiger partial charge in [-0.15, -0.1) is 0 Å². The summed E-state index contributed by atoms with van der Waals surface area (Å²) in [4.78, 5) is 27.5. The van der Waals surface area contributed by atoms with Gasteiger partial charge in [0.2, 0.25) is 0 Å². The summed E-state index contributed by atoms with van der Waals surface area (Å²) in [7, 11) is 0. The Bertz CT molecular complexity index is 1530. The molecule has 5 rings (SSSR count). The van der Waals surface area contributed by atoms with Crippen molar-refractivity contribution in [1.29, 1.82) is 0 Å². The number of rotatable bonds is 7. The van der Waals surface area contributed by atoms with Crippen LogP contribution in [0.1, 0.15) is 70.7 Å². The molecule has 2 unspecified atom stereocenters. The van der Waals surface area contributed by atoms with E-state index in [1.54, 1.807) is 48.5 Å². The molecule has 4 atom stereocenters. The van der Waals surface area contributed by atoms with Crippen molar-refractivity contribution in [3.05, 3.63) is 143 Å². The van der Waals surface area contributed by atoms with Gasteiger partial charge in [0.05, 0.1) is 22.6 Å². The van der Waals surface area contributed by atoms with Crippen LogP contribution in [0.4, 0.5) is 0 Å². The molecule has 0 aliphatic heterocycles. The van der Waals surface area contributed by atoms with Gasteiger partial charge in [0, 0.05) is 0 Å². The van der Waals surface area contributed by atoms with Crippen molar-refractivity contribution in [2.45, 2.75) is 63.9 Å². The Morgan fingerprint density at radius 1 is 0.610 bits per heavy atom. The molecule has 1 aliphatic rings. The minimum absolute atomic E-state index is 0.209. The predicted molar refractivity (Wildman–Crippen MR) is 159 cm³/mol. The minimum Gasteiger partial charge on any atom is -0.453 e. The van der Waals surface area contributed by atoms with Crippen molar-refractivity contribution < 1.29 is 23.8 Å². The van der Waals surface area contributed by atoms with Crippen LogP contribution in [0.5, 0.6) is 0 Å². The Morgan fingerprint density at radius 2 is 1.05 bits per heavy atom. The molecule has 5 nitrogen and oxygen atoms in total. The molecule has 0 fully saturated rings. The van der Waals surface area contributed by atoms with Gasteiger partial charge in [-0.05, 0) is 81.1 Å². The van der Waals surface area contributed by atoms with Gasteiger partial charge in [-0.2, -0.15) is 0 Å². The standard InChI is InChI=1S/C36H36O5/c1-24(2)41-36(5)30-23-15-14-22-29(30)35(4,28-21-13-12-16-25(28)3)31(39-33(37)26-17-8-6-9-18-26)32(36)40-34(38)27-19-10-7-11-20-27/h6-24,31-32H,1-5H3/t31?,32?,35-,36-/m1/s1. The smallest absolute Gasteiger partial charge is 0.338 e. The van der Waals surface area contributed by atoms with Gasteiger partial charge in [-0.1, -0.05) is 84.9 Å². The third-order valence-electron chi connectivity index (χ3n) is 8.08. The number of aryl methyl sites for hydroxylation is 1. The highest BCUT2D eigenvalue weighted by Crippen LogP contribution is 2.53. The summed E-state index contributed by atoms with van der Waals surface area (Å²) in [5.74, 6) is -1.01. The molecular formula is C36H36O5. The molecular weight excluding hydrogens is 512 g/mol. The Balaban J connectivity index is 1.77. The molecule has 4 aromatic carbocycles. The zero-order valence-corrected chi connectivity index (χ0v) is 24.2. The number of hydrogen-bond acceptors (Lipinski definition) is 5. The molecule has 0 spiro atoms. The SMILES string of the molecule is Cc1ccccc1[C@]1(C)c2ccccc2[C@@](C)(OC(C)C)C(OC(=O)c2ccccc2)C1OC(=O)c1ccccc1. The fourth-order valence-electron chi connectivity index (χ4n) is 6.21. The Hall–Kier alpha value is -4.22. The predicted octanol–water partition coefficient (Wildman–Crippen LogP) is 7.41. The first-order valence-corrected chi connectivity index (χ1v) is 14.0. The molecule has 5 heteroatoms. The zero-order chi connectivity index (χ0) is 29.2. The number of ether oxygens (including phenoxy) is 3. The van der Waals surface area contributed by atoms with Gasteiger partial charge < -0.3 is 14.2 Å². The molecule has 41 heavy (non-hydrogen) atoms. The lowest BCUT2D eigenvalue weighted by Crippen LogP contribution is -2.63. The minimum atomic E-state index is -1.13. The van der Waals surface area contributed by atoms with Gasteiger partial charge in [0.1, 0.15) is 5.60 Å². The molecule has 0 heterocycles. The van der Waals surface area contributed by atoms with E-state index in [9.17, 15) is 9.59 Å². The van der Waals surface area contributed by atoms with Gasteiger partial charge >= 0.3 is 11.9 Å². The molecule has 0 saturated heterocycles. The average molecular weight is 549 g/mol. The molecule has 0 aromatic heterocycles. The van der Waals surface area contributed by atoms with E-state index in [0.29, 0.717) is 11.1 Å². The second-order valence-electron chi connectivity index (χ2n) is 11.2. The normalized spacial score (nSPS) is 23.5. The quantitative estimate of drug-likeness (QED) is 0.225. The van der Waals surface area contributed by atoms with Crippen molar-refractivity contribution in [1.82, 2.24) is 0 Å². The van der Waals surface area contributed by atoms with Gasteiger partial charge in [0.25, 0.3) is 0 Å². The van der Waals surface area contributed by atoms with Crippen LogP contribution in [-0.4, -0.2) is 30.3 Å². The first-order chi connectivity index (χ1) is 19.7. The number of hydrogen-bond donors (Lipinski definition) is 0. The molecule has 0 bridgehead atoms. The molecule has 210 valence electrons. The summed E-state index contributed by atoms with van der Waals surface area (Å²) < 4.78 is 19.6. The summed E-state index contributed by atoms with van der Waals surface area (Å²) in [6.45, 7) is 9.93. The maximum absolute atomic E-state index is 13.8. The summed E-state index contributed by atoms with van der Waals surface area (Å²) in [6.07, 6.45) is -2.12. The van der Waals surface area contributed by atoms with Gasteiger partial charge in [-0.25, -0.2) is 9.59 Å². The lowest BCUT2D eigenvalue weighted by atomic mass is 9.59. The molecule has 0 N–H and O–H groups in total. The lowest BCUT2D eigenvalue weighted by molar-refractivity contribution is -0.193. The highest BCUT2D eigenvalue weighted by Gasteiger charge is 2.61. The fourth-order valence-corrected chi connectivity index (χ4v) is 6.21. The average Bonchev–Trinajstić information content (AvgIpc) is 2.98. The second kappa shape index (κ2) is 11.3. The van der Waals surface area contributed by atoms with E-state index in [2.05, 4.69) is 19.1 Å². The van der Waals surface area contributed by atoms with Crippen LogP contribution in [0, 0.1) is 6.92 Å². The summed E-state index contributed by atoms with van der Waals surface area (Å²) in [6, 6.07) is 33.8. The van der Waals surface area contributed by atoms with Crippen LogP contribution >= 0.6 is 0 Å². The maximum Gasteiger partial charge on any atom is 0.338 e. The van der Waals surface area contributed by atoms with E-state index in [1.165, 1.54) is 0 Å². The van der Waals surface area contributed by atoms with Crippen molar-refractivity contribution in [3.8, 4) is 0 Å². The fraction of sp³-hybridized carbons (Fsp3) is 0.278. The van der Waals surface area contributed by atoms with Crippen molar-refractivity contribution in [2.24, 2.45) is 0 Å². The van der Waals surface area contributed by atoms with Crippen LogP contribution in [-0.2, 0) is 25.2 Å². The van der Waals surface area contributed by atoms with E-state index in [0.717, 1.165) is 22.3 Å². The first-order valence-electron chi connectivity index (χ1n) is 14.0. The Morgan fingerprint density at radius 3 is 1.56 bits per heavy atom. The molecule has 4 aromatic rings. The Labute approximate surface area is 242 Å². The highest BCUT2D eigenvalue weighted by atomic mass is 16.6. The summed E-state index contributed by atoms with van der Waals surface area (Å²) in [5, 5.41) is 0. The molecule has 0 amide bonds. The van der Waals surface area contributed by atoms with Crippen LogP contribution < -0.4 is 0 Å². The molecule has 0 radical (unpaired) electrons. The van der Waals surface area contributed by atoms with Crippen LogP contribution in [0.15, 0.2) is 109 Å². The number of carbonyl (C=O) groups excluding carboxylic acids is 2. The maximum atomic E-state index is 13.8. The van der Waals surface area contributed by atoms with Crippen molar-refractivity contribution in [2.75, 3.05) is 0 Å². The van der Waals surface area contributed by atoms with Gasteiger partial charge in [0.15, 0.2) is 12.2 Å². The summed E-state index contributed by atoms with van der Waals surface area (Å²) in [5.41, 5.74) is 2.67. The topological polar surface area (TPSA) is 61.8 Å². The molecule has 1 aliphatic carbocycles. The van der Waals surface area contributed by atoms with Gasteiger partial charge in [-0.3, -0.25) is 0 Å². The number of esters is 2. The largest absolute Gasteiger partial charge is 0.453 e. The third-order valence-corrected chi connectivity index (χ3v) is 8.08. The number of benzene rings is 4. The first kappa shape index (κ1) is 28.3. The van der Waals surface area contributed by atoms with Crippen molar-refractivity contribution in [3.63, 3.8) is 0 Å². The number of carbonyl (C=O) groups is 2. The highest BCUT2D eigenvalue weighted by molar-refractivity contribution is 5.90. The lowest BCUT2D eigenvalue weighted by Gasteiger charge is -2.54.